The monoisotopic (exact) mass is 798 g/mol. The molecule has 2 aliphatic rings. The molecule has 0 spiro atoms. The van der Waals surface area contributed by atoms with Gasteiger partial charge in [-0.25, -0.2) is 0 Å². The maximum Gasteiger partial charge on any atom is 0.417 e. The Bertz CT molecular complexity index is 1950. The van der Waals surface area contributed by atoms with Gasteiger partial charge in [0.05, 0.1) is 63.4 Å². The average Bonchev–Trinajstić information content (AvgIpc) is 3.52. The van der Waals surface area contributed by atoms with Crippen LogP contribution in [0.5, 0.6) is 17.2 Å². The van der Waals surface area contributed by atoms with Crippen LogP contribution in [-0.2, 0) is 41.3 Å². The zero-order chi connectivity index (χ0) is 41.0. The Morgan fingerprint density at radius 1 is 0.895 bits per heavy atom. The van der Waals surface area contributed by atoms with Crippen molar-refractivity contribution in [3.63, 3.8) is 0 Å². The van der Waals surface area contributed by atoms with E-state index < -0.39 is 47.4 Å². The molecule has 2 unspecified atom stereocenters. The second kappa shape index (κ2) is 19.4. The number of rotatable bonds is 20. The van der Waals surface area contributed by atoms with Crippen LogP contribution in [0.4, 0.5) is 18.9 Å². The largest absolute Gasteiger partial charge is 0.491 e. The first-order valence-corrected chi connectivity index (χ1v) is 17.9. The lowest BCUT2D eigenvalue weighted by atomic mass is 10.0. The van der Waals surface area contributed by atoms with Crippen molar-refractivity contribution in [3.8, 4) is 23.3 Å². The van der Waals surface area contributed by atoms with E-state index in [1.54, 1.807) is 42.5 Å². The second-order valence-electron chi connectivity index (χ2n) is 13.1. The minimum Gasteiger partial charge on any atom is -0.491 e. The third kappa shape index (κ3) is 11.6. The first-order chi connectivity index (χ1) is 27.3. The summed E-state index contributed by atoms with van der Waals surface area (Å²) in [5, 5.41) is 24.0. The van der Waals surface area contributed by atoms with E-state index in [1.165, 1.54) is 11.0 Å². The molecule has 1 fully saturated rings. The highest BCUT2D eigenvalue weighted by Gasteiger charge is 2.40. The van der Waals surface area contributed by atoms with Gasteiger partial charge in [-0.15, -0.1) is 0 Å². The number of alkyl halides is 3. The smallest absolute Gasteiger partial charge is 0.417 e. The number of imide groups is 1. The van der Waals surface area contributed by atoms with E-state index in [0.717, 1.165) is 19.1 Å². The molecule has 57 heavy (non-hydrogen) atoms. The Morgan fingerprint density at radius 3 is 2.12 bits per heavy atom. The number of piperidine rings is 1. The molecule has 304 valence electrons. The van der Waals surface area contributed by atoms with Gasteiger partial charge in [-0.05, 0) is 67.9 Å². The lowest BCUT2D eigenvalue weighted by molar-refractivity contribution is -0.138. The van der Waals surface area contributed by atoms with E-state index in [4.69, 9.17) is 33.7 Å². The van der Waals surface area contributed by atoms with Crippen molar-refractivity contribution in [2.24, 2.45) is 0 Å². The predicted molar refractivity (Wildman–Crippen MR) is 193 cm³/mol. The standard InChI is InChI=1S/C39H41F3N4O11/c1-38(51,37(50)44-26-6-5-25(22-43)31(21-26)39(40,41)42)24-57-28-9-7-27(8-10-28)55-19-17-53-15-13-52-14-16-54-18-20-56-33-4-2-3-29-30(33)23-46(36(29)49)32-11-12-34(47)45-35(32)48/h2-10,21,32,51H,11-20,23-24H2,1H3,(H,44,50)(H,45,47,48). The molecule has 2 atom stereocenters. The van der Waals surface area contributed by atoms with E-state index in [2.05, 4.69) is 10.6 Å². The Morgan fingerprint density at radius 2 is 1.51 bits per heavy atom. The fourth-order valence-electron chi connectivity index (χ4n) is 5.80. The van der Waals surface area contributed by atoms with Gasteiger partial charge in [0.25, 0.3) is 11.8 Å². The lowest BCUT2D eigenvalue weighted by Gasteiger charge is -2.29. The third-order valence-corrected chi connectivity index (χ3v) is 8.80. The maximum absolute atomic E-state index is 13.2. The number of anilines is 1. The molecule has 0 aliphatic carbocycles. The molecular weight excluding hydrogens is 757 g/mol. The minimum atomic E-state index is -4.81. The zero-order valence-electron chi connectivity index (χ0n) is 30.9. The molecule has 2 aliphatic heterocycles. The predicted octanol–water partition coefficient (Wildman–Crippen LogP) is 3.61. The molecule has 2 heterocycles. The summed E-state index contributed by atoms with van der Waals surface area (Å²) in [6.45, 7) is 3.26. The molecule has 0 bridgehead atoms. The summed E-state index contributed by atoms with van der Waals surface area (Å²) in [6, 6.07) is 14.9. The van der Waals surface area contributed by atoms with Gasteiger partial charge in [-0.1, -0.05) is 6.07 Å². The quantitative estimate of drug-likeness (QED) is 0.111. The summed E-state index contributed by atoms with van der Waals surface area (Å²) in [5.41, 5.74) is -2.99. The highest BCUT2D eigenvalue weighted by atomic mass is 19.4. The van der Waals surface area contributed by atoms with Crippen molar-refractivity contribution < 1.29 is 65.9 Å². The van der Waals surface area contributed by atoms with Gasteiger partial charge in [-0.2, -0.15) is 18.4 Å². The summed E-state index contributed by atoms with van der Waals surface area (Å²) in [6.07, 6.45) is -4.34. The maximum atomic E-state index is 13.2. The number of carbonyl (C=O) groups is 4. The van der Waals surface area contributed by atoms with Gasteiger partial charge >= 0.3 is 6.18 Å². The van der Waals surface area contributed by atoms with E-state index in [-0.39, 0.29) is 63.3 Å². The van der Waals surface area contributed by atoms with Crippen molar-refractivity contribution in [1.29, 1.82) is 5.26 Å². The Hall–Kier alpha value is -5.74. The number of hydrogen-bond acceptors (Lipinski definition) is 12. The second-order valence-corrected chi connectivity index (χ2v) is 13.1. The Kier molecular flexibility index (Phi) is 14.4. The highest BCUT2D eigenvalue weighted by molar-refractivity contribution is 6.05. The number of aliphatic hydroxyl groups is 1. The average molecular weight is 799 g/mol. The third-order valence-electron chi connectivity index (χ3n) is 8.80. The number of hydrogen-bond donors (Lipinski definition) is 3. The van der Waals surface area contributed by atoms with Crippen LogP contribution in [0.3, 0.4) is 0 Å². The van der Waals surface area contributed by atoms with Crippen molar-refractivity contribution in [3.05, 3.63) is 82.9 Å². The number of benzene rings is 3. The summed E-state index contributed by atoms with van der Waals surface area (Å²) in [5.74, 6) is -0.739. The van der Waals surface area contributed by atoms with Crippen molar-refractivity contribution in [2.45, 2.75) is 44.1 Å². The van der Waals surface area contributed by atoms with E-state index in [1.807, 2.05) is 0 Å². The van der Waals surface area contributed by atoms with Crippen LogP contribution in [0.1, 0.15) is 46.8 Å². The van der Waals surface area contributed by atoms with Gasteiger partial charge in [0, 0.05) is 23.2 Å². The van der Waals surface area contributed by atoms with E-state index in [9.17, 15) is 37.5 Å². The van der Waals surface area contributed by atoms with Gasteiger partial charge in [0.1, 0.15) is 43.1 Å². The summed E-state index contributed by atoms with van der Waals surface area (Å²) in [7, 11) is 0. The minimum absolute atomic E-state index is 0.180. The first-order valence-electron chi connectivity index (χ1n) is 17.9. The zero-order valence-corrected chi connectivity index (χ0v) is 30.9. The molecule has 4 amide bonds. The van der Waals surface area contributed by atoms with E-state index in [0.29, 0.717) is 60.9 Å². The van der Waals surface area contributed by atoms with Gasteiger partial charge < -0.3 is 43.7 Å². The van der Waals surface area contributed by atoms with Gasteiger partial charge in [-0.3, -0.25) is 24.5 Å². The SMILES string of the molecule is CC(O)(COc1ccc(OCCOCCOCCOCCOc2cccc3c2CN(C2CCC(=O)NC2=O)C3=O)cc1)C(=O)Nc1ccc(C#N)c(C(F)(F)F)c1. The first kappa shape index (κ1) is 42.4. The lowest BCUT2D eigenvalue weighted by Crippen LogP contribution is -2.52. The molecule has 0 radical (unpaired) electrons. The highest BCUT2D eigenvalue weighted by Crippen LogP contribution is 2.35. The summed E-state index contributed by atoms with van der Waals surface area (Å²) >= 11 is 0. The number of halogens is 3. The number of fused-ring (bicyclic) bond motifs is 1. The molecule has 3 aromatic rings. The molecule has 0 aromatic heterocycles. The molecule has 1 saturated heterocycles. The van der Waals surface area contributed by atoms with Crippen LogP contribution in [0, 0.1) is 11.3 Å². The fraction of sp³-hybridized carbons (Fsp3) is 0.410. The van der Waals surface area contributed by atoms with Crippen molar-refractivity contribution >= 4 is 29.3 Å². The van der Waals surface area contributed by atoms with Crippen LogP contribution >= 0.6 is 0 Å². The Balaban J connectivity index is 0.887. The van der Waals surface area contributed by atoms with Crippen molar-refractivity contribution in [2.75, 3.05) is 64.8 Å². The normalized spacial score (nSPS) is 16.3. The molecular formula is C39H41F3N4O11. The topological polar surface area (TPSA) is 195 Å². The number of amides is 4. The van der Waals surface area contributed by atoms with Crippen LogP contribution < -0.4 is 24.8 Å². The van der Waals surface area contributed by atoms with E-state index >= 15 is 0 Å². The number of nitrogens with one attached hydrogen (secondary N) is 2. The van der Waals surface area contributed by atoms with Crippen LogP contribution in [0.2, 0.25) is 0 Å². The van der Waals surface area contributed by atoms with Gasteiger partial charge in [0.2, 0.25) is 11.8 Å². The number of ether oxygens (including phenoxy) is 6. The van der Waals surface area contributed by atoms with Crippen molar-refractivity contribution in [1.82, 2.24) is 10.2 Å². The molecule has 15 nitrogen and oxygen atoms in total. The fourth-order valence-corrected chi connectivity index (χ4v) is 5.80. The Labute approximate surface area is 325 Å². The molecule has 3 N–H and O–H groups in total. The summed E-state index contributed by atoms with van der Waals surface area (Å²) in [4.78, 5) is 50.8. The summed E-state index contributed by atoms with van der Waals surface area (Å²) < 4.78 is 73.4. The van der Waals surface area contributed by atoms with Crippen LogP contribution in [0.15, 0.2) is 60.7 Å². The number of nitrogens with zero attached hydrogens (tertiary/aromatic N) is 2. The molecule has 0 saturated carbocycles. The van der Waals surface area contributed by atoms with Crippen LogP contribution in [0.25, 0.3) is 0 Å². The molecule has 18 heteroatoms. The number of nitriles is 1. The van der Waals surface area contributed by atoms with Crippen LogP contribution in [-0.4, -0.2) is 105 Å². The number of carbonyl (C=O) groups excluding carboxylic acids is 4. The molecule has 5 rings (SSSR count). The molecule has 3 aromatic carbocycles. The van der Waals surface area contributed by atoms with Gasteiger partial charge in [0.15, 0.2) is 5.60 Å².